The van der Waals surface area contributed by atoms with Gasteiger partial charge >= 0.3 is 5.97 Å². The third-order valence-electron chi connectivity index (χ3n) is 6.76. The number of pyridine rings is 1. The Morgan fingerprint density at radius 2 is 1.97 bits per heavy atom. The summed E-state index contributed by atoms with van der Waals surface area (Å²) >= 11 is 6.04. The van der Waals surface area contributed by atoms with Gasteiger partial charge in [-0.2, -0.15) is 0 Å². The molecular weight excluding hydrogens is 466 g/mol. The number of anilines is 1. The molecular formula is C27H36ClN3O4. The first kappa shape index (κ1) is 27.0. The molecule has 8 heteroatoms. The molecule has 3 rings (SSSR count). The molecule has 1 aromatic carbocycles. The predicted molar refractivity (Wildman–Crippen MR) is 138 cm³/mol. The number of rotatable bonds is 11. The van der Waals surface area contributed by atoms with E-state index in [2.05, 4.69) is 35.1 Å². The molecule has 2 aromatic rings. The maximum Gasteiger partial charge on any atom is 0.309 e. The van der Waals surface area contributed by atoms with Gasteiger partial charge in [-0.3, -0.25) is 9.59 Å². The highest BCUT2D eigenvalue weighted by Gasteiger charge is 2.51. The van der Waals surface area contributed by atoms with Crippen molar-refractivity contribution in [3.63, 3.8) is 0 Å². The van der Waals surface area contributed by atoms with Crippen LogP contribution in [0.1, 0.15) is 64.5 Å². The molecule has 0 unspecified atom stereocenters. The molecule has 0 aliphatic carbocycles. The highest BCUT2D eigenvalue weighted by atomic mass is 35.5. The van der Waals surface area contributed by atoms with E-state index in [0.717, 1.165) is 24.1 Å². The summed E-state index contributed by atoms with van der Waals surface area (Å²) in [6, 6.07) is 9.72. The Bertz CT molecular complexity index is 1060. The lowest BCUT2D eigenvalue weighted by Crippen LogP contribution is -2.65. The van der Waals surface area contributed by atoms with Crippen LogP contribution >= 0.6 is 11.6 Å². The number of ether oxygens (including phenoxy) is 1. The number of hydrogen-bond acceptors (Lipinski definition) is 5. The molecule has 35 heavy (non-hydrogen) atoms. The number of halogens is 1. The van der Waals surface area contributed by atoms with Crippen LogP contribution in [-0.2, 0) is 15.0 Å². The zero-order valence-electron chi connectivity index (χ0n) is 21.2. The third kappa shape index (κ3) is 5.96. The van der Waals surface area contributed by atoms with Crippen LogP contribution in [0.15, 0.2) is 36.5 Å². The highest BCUT2D eigenvalue weighted by molar-refractivity contribution is 6.29. The Morgan fingerprint density at radius 3 is 2.60 bits per heavy atom. The second-order valence-corrected chi connectivity index (χ2v) is 10.6. The van der Waals surface area contributed by atoms with Gasteiger partial charge in [0.25, 0.3) is 0 Å². The Hall–Kier alpha value is -2.64. The Balaban J connectivity index is 1.85. The number of carbonyl (C=O) groups is 2. The van der Waals surface area contributed by atoms with Crippen molar-refractivity contribution in [1.29, 1.82) is 0 Å². The van der Waals surface area contributed by atoms with E-state index < -0.39 is 16.8 Å². The largest absolute Gasteiger partial charge is 0.492 e. The summed E-state index contributed by atoms with van der Waals surface area (Å²) in [4.78, 5) is 31.7. The lowest BCUT2D eigenvalue weighted by molar-refractivity contribution is -0.147. The molecule has 1 aliphatic rings. The number of likely N-dealkylation sites (tertiary alicyclic amines) is 1. The van der Waals surface area contributed by atoms with Gasteiger partial charge in [0.2, 0.25) is 5.91 Å². The van der Waals surface area contributed by atoms with Gasteiger partial charge in [-0.05, 0) is 57.2 Å². The van der Waals surface area contributed by atoms with E-state index in [1.165, 1.54) is 6.20 Å². The summed E-state index contributed by atoms with van der Waals surface area (Å²) in [6.45, 7) is 11.9. The van der Waals surface area contributed by atoms with E-state index >= 15 is 0 Å². The number of benzene rings is 1. The molecule has 0 atom stereocenters. The fourth-order valence-electron chi connectivity index (χ4n) is 4.62. The fourth-order valence-corrected chi connectivity index (χ4v) is 4.77. The van der Waals surface area contributed by atoms with Crippen LogP contribution in [0.2, 0.25) is 5.15 Å². The first-order chi connectivity index (χ1) is 16.5. The maximum absolute atomic E-state index is 13.9. The number of amides is 1. The van der Waals surface area contributed by atoms with Crippen LogP contribution < -0.4 is 10.1 Å². The lowest BCUT2D eigenvalue weighted by Gasteiger charge is -2.50. The van der Waals surface area contributed by atoms with E-state index in [9.17, 15) is 14.7 Å². The quantitative estimate of drug-likeness (QED) is 0.404. The van der Waals surface area contributed by atoms with Crippen molar-refractivity contribution in [3.05, 3.63) is 52.8 Å². The van der Waals surface area contributed by atoms with E-state index in [-0.39, 0.29) is 11.8 Å². The average Bonchev–Trinajstić information content (AvgIpc) is 2.77. The Morgan fingerprint density at radius 1 is 1.29 bits per heavy atom. The zero-order valence-corrected chi connectivity index (χ0v) is 22.0. The molecule has 7 nitrogen and oxygen atoms in total. The second kappa shape index (κ2) is 11.0. The first-order valence-electron chi connectivity index (χ1n) is 12.1. The molecule has 0 spiro atoms. The summed E-state index contributed by atoms with van der Waals surface area (Å²) in [5.74, 6) is -0.155. The van der Waals surface area contributed by atoms with Crippen molar-refractivity contribution in [1.82, 2.24) is 9.88 Å². The van der Waals surface area contributed by atoms with Crippen molar-refractivity contribution in [2.45, 2.75) is 58.8 Å². The van der Waals surface area contributed by atoms with Gasteiger partial charge in [0.05, 0.1) is 23.6 Å². The smallest absolute Gasteiger partial charge is 0.309 e. The van der Waals surface area contributed by atoms with Crippen LogP contribution in [0.5, 0.6) is 5.75 Å². The number of nitrogens with one attached hydrogen (secondary N) is 1. The van der Waals surface area contributed by atoms with Gasteiger partial charge in [0.1, 0.15) is 16.6 Å². The minimum atomic E-state index is -0.789. The van der Waals surface area contributed by atoms with Gasteiger partial charge < -0.3 is 20.1 Å². The van der Waals surface area contributed by atoms with Gasteiger partial charge in [-0.15, -0.1) is 0 Å². The van der Waals surface area contributed by atoms with E-state index in [1.807, 2.05) is 25.1 Å². The van der Waals surface area contributed by atoms with Crippen molar-refractivity contribution >= 4 is 29.2 Å². The van der Waals surface area contributed by atoms with Crippen molar-refractivity contribution in [2.24, 2.45) is 5.41 Å². The molecule has 0 radical (unpaired) electrons. The fraction of sp³-hybridized carbons (Fsp3) is 0.519. The van der Waals surface area contributed by atoms with Gasteiger partial charge in [0.15, 0.2) is 0 Å². The molecule has 1 aliphatic heterocycles. The molecule has 1 aromatic heterocycles. The van der Waals surface area contributed by atoms with Crippen LogP contribution in [0, 0.1) is 5.41 Å². The van der Waals surface area contributed by atoms with Gasteiger partial charge in [-0.25, -0.2) is 4.98 Å². The van der Waals surface area contributed by atoms with Crippen molar-refractivity contribution in [2.75, 3.05) is 31.6 Å². The SMILES string of the molecule is CCOc1cc(Cl)ncc1NC(=O)C1(c2ccccc2C(C)C)CN(CCCC(C)(C)C(=O)O)C1. The number of aliphatic carboxylic acids is 1. The lowest BCUT2D eigenvalue weighted by atomic mass is 9.69. The standard InChI is InChI=1S/C27H36ClN3O4/c1-6-35-22-14-23(28)29-15-21(22)30-24(32)27(20-11-8-7-10-19(20)18(2)3)16-31(17-27)13-9-12-26(4,5)25(33)34/h7-8,10-11,14-15,18H,6,9,12-13,16-17H2,1-5H3,(H,30,32)(H,33,34). The predicted octanol–water partition coefficient (Wildman–Crippen LogP) is 5.34. The number of aromatic nitrogens is 1. The summed E-state index contributed by atoms with van der Waals surface area (Å²) in [7, 11) is 0. The number of hydrogen-bond donors (Lipinski definition) is 2. The Kier molecular flexibility index (Phi) is 8.44. The molecule has 0 bridgehead atoms. The van der Waals surface area contributed by atoms with Crippen LogP contribution in [-0.4, -0.2) is 53.1 Å². The number of carboxylic acids is 1. The second-order valence-electron chi connectivity index (χ2n) is 10.2. The monoisotopic (exact) mass is 501 g/mol. The minimum Gasteiger partial charge on any atom is -0.492 e. The molecule has 2 heterocycles. The van der Waals surface area contributed by atoms with Crippen LogP contribution in [0.4, 0.5) is 5.69 Å². The molecule has 1 amide bonds. The summed E-state index contributed by atoms with van der Waals surface area (Å²) < 4.78 is 5.68. The summed E-state index contributed by atoms with van der Waals surface area (Å²) in [5.41, 5.74) is 1.17. The summed E-state index contributed by atoms with van der Waals surface area (Å²) in [5, 5.41) is 12.7. The Labute approximate surface area is 212 Å². The van der Waals surface area contributed by atoms with Crippen LogP contribution in [0.3, 0.4) is 0 Å². The molecule has 190 valence electrons. The first-order valence-corrected chi connectivity index (χ1v) is 12.5. The molecule has 1 fully saturated rings. The summed E-state index contributed by atoms with van der Waals surface area (Å²) in [6.07, 6.45) is 2.85. The molecule has 1 saturated heterocycles. The minimum absolute atomic E-state index is 0.113. The van der Waals surface area contributed by atoms with Gasteiger partial charge in [-0.1, -0.05) is 49.7 Å². The zero-order chi connectivity index (χ0) is 25.8. The molecule has 0 saturated carbocycles. The van der Waals surface area contributed by atoms with Crippen LogP contribution in [0.25, 0.3) is 0 Å². The molecule has 2 N–H and O–H groups in total. The highest BCUT2D eigenvalue weighted by Crippen LogP contribution is 2.41. The number of carboxylic acid groups (broad SMARTS) is 1. The van der Waals surface area contributed by atoms with Crippen molar-refractivity contribution < 1.29 is 19.4 Å². The van der Waals surface area contributed by atoms with E-state index in [0.29, 0.717) is 42.7 Å². The third-order valence-corrected chi connectivity index (χ3v) is 6.96. The topological polar surface area (TPSA) is 91.8 Å². The number of nitrogens with zero attached hydrogens (tertiary/aromatic N) is 2. The maximum atomic E-state index is 13.9. The normalized spacial score (nSPS) is 15.5. The van der Waals surface area contributed by atoms with Gasteiger partial charge in [0, 0.05) is 19.2 Å². The number of carbonyl (C=O) groups excluding carboxylic acids is 1. The average molecular weight is 502 g/mol. The van der Waals surface area contributed by atoms with Crippen molar-refractivity contribution in [3.8, 4) is 5.75 Å². The van der Waals surface area contributed by atoms with E-state index in [1.54, 1.807) is 19.9 Å². The van der Waals surface area contributed by atoms with E-state index in [4.69, 9.17) is 16.3 Å².